The number of ether oxygens (including phenoxy) is 1. The lowest BCUT2D eigenvalue weighted by molar-refractivity contribution is 0.0732. The van der Waals surface area contributed by atoms with Crippen molar-refractivity contribution in [1.29, 1.82) is 0 Å². The van der Waals surface area contributed by atoms with E-state index in [0.717, 1.165) is 54.4 Å². The van der Waals surface area contributed by atoms with Gasteiger partial charge in [0.15, 0.2) is 0 Å². The zero-order valence-corrected chi connectivity index (χ0v) is 21.2. The Bertz CT molecular complexity index is 1100. The molecule has 1 saturated heterocycles. The summed E-state index contributed by atoms with van der Waals surface area (Å²) in [6, 6.07) is 17.7. The predicted octanol–water partition coefficient (Wildman–Crippen LogP) is 4.93. The highest BCUT2D eigenvalue weighted by Gasteiger charge is 2.30. The van der Waals surface area contributed by atoms with Gasteiger partial charge in [-0.15, -0.1) is 0 Å². The number of carbonyl (C=O) groups excluding carboxylic acids is 1. The Labute approximate surface area is 208 Å². The van der Waals surface area contributed by atoms with Gasteiger partial charge in [-0.3, -0.25) is 4.79 Å². The van der Waals surface area contributed by atoms with Crippen LogP contribution in [0.2, 0.25) is 0 Å². The summed E-state index contributed by atoms with van der Waals surface area (Å²) in [5, 5.41) is 4.52. The molecule has 0 spiro atoms. The van der Waals surface area contributed by atoms with Gasteiger partial charge in [0.05, 0.1) is 19.2 Å². The van der Waals surface area contributed by atoms with E-state index in [-0.39, 0.29) is 5.91 Å². The third-order valence-corrected chi connectivity index (χ3v) is 6.67. The van der Waals surface area contributed by atoms with E-state index in [4.69, 9.17) is 9.26 Å². The molecule has 7 nitrogen and oxygen atoms in total. The second-order valence-corrected chi connectivity index (χ2v) is 9.48. The normalized spacial score (nSPS) is 15.9. The molecule has 1 atom stereocenters. The molecule has 1 unspecified atom stereocenters. The molecule has 7 heteroatoms. The van der Waals surface area contributed by atoms with Gasteiger partial charge in [-0.05, 0) is 64.5 Å². The molecule has 1 aliphatic rings. The lowest BCUT2D eigenvalue weighted by atomic mass is 10.0. The SMILES string of the molecule is COc1ccc(C(=O)N(CCN(C)C)Cc2c(-c3ccccc3)noc2N2CCCCC2C)cc1. The van der Waals surface area contributed by atoms with Crippen LogP contribution in [0.25, 0.3) is 11.3 Å². The van der Waals surface area contributed by atoms with Crippen molar-refractivity contribution in [3.8, 4) is 17.0 Å². The van der Waals surface area contributed by atoms with E-state index in [1.54, 1.807) is 7.11 Å². The summed E-state index contributed by atoms with van der Waals surface area (Å²) in [6.07, 6.45) is 3.47. The van der Waals surface area contributed by atoms with Gasteiger partial charge in [0.25, 0.3) is 5.91 Å². The average molecular weight is 477 g/mol. The van der Waals surface area contributed by atoms with Gasteiger partial charge in [0, 0.05) is 36.8 Å². The molecule has 0 N–H and O–H groups in total. The van der Waals surface area contributed by atoms with E-state index in [1.165, 1.54) is 6.42 Å². The number of methoxy groups -OCH3 is 1. The van der Waals surface area contributed by atoms with Crippen molar-refractivity contribution in [2.45, 2.75) is 38.8 Å². The van der Waals surface area contributed by atoms with Crippen LogP contribution in [0.15, 0.2) is 59.1 Å². The average Bonchev–Trinajstić information content (AvgIpc) is 3.30. The van der Waals surface area contributed by atoms with E-state index in [9.17, 15) is 4.79 Å². The second kappa shape index (κ2) is 11.4. The zero-order chi connectivity index (χ0) is 24.8. The van der Waals surface area contributed by atoms with Crippen LogP contribution in [0, 0.1) is 0 Å². The number of nitrogens with zero attached hydrogens (tertiary/aromatic N) is 4. The van der Waals surface area contributed by atoms with E-state index < -0.39 is 0 Å². The molecule has 2 aromatic carbocycles. The molecular weight excluding hydrogens is 440 g/mol. The van der Waals surface area contributed by atoms with Crippen LogP contribution in [-0.2, 0) is 6.54 Å². The Balaban J connectivity index is 1.72. The number of benzene rings is 2. The molecule has 1 aliphatic heterocycles. The number of piperidine rings is 1. The Morgan fingerprint density at radius 3 is 2.49 bits per heavy atom. The van der Waals surface area contributed by atoms with Gasteiger partial charge >= 0.3 is 0 Å². The van der Waals surface area contributed by atoms with Gasteiger partial charge in [0.1, 0.15) is 11.4 Å². The molecule has 35 heavy (non-hydrogen) atoms. The number of hydrogen-bond donors (Lipinski definition) is 0. The van der Waals surface area contributed by atoms with E-state index in [0.29, 0.717) is 24.7 Å². The molecule has 186 valence electrons. The van der Waals surface area contributed by atoms with Crippen molar-refractivity contribution in [2.75, 3.05) is 45.7 Å². The molecule has 0 aliphatic carbocycles. The van der Waals surface area contributed by atoms with Gasteiger partial charge in [-0.25, -0.2) is 0 Å². The van der Waals surface area contributed by atoms with Gasteiger partial charge in [-0.2, -0.15) is 0 Å². The summed E-state index contributed by atoms with van der Waals surface area (Å²) in [6.45, 7) is 4.93. The summed E-state index contributed by atoms with van der Waals surface area (Å²) in [7, 11) is 5.66. The molecular formula is C28H36N4O3. The van der Waals surface area contributed by atoms with Crippen molar-refractivity contribution in [3.05, 3.63) is 65.7 Å². The Morgan fingerprint density at radius 1 is 1.09 bits per heavy atom. The minimum absolute atomic E-state index is 0.0210. The largest absolute Gasteiger partial charge is 0.497 e. The number of amides is 1. The number of likely N-dealkylation sites (N-methyl/N-ethyl adjacent to an activating group) is 1. The smallest absolute Gasteiger partial charge is 0.254 e. The molecule has 0 saturated carbocycles. The predicted molar refractivity (Wildman–Crippen MR) is 139 cm³/mol. The second-order valence-electron chi connectivity index (χ2n) is 9.48. The molecule has 0 bridgehead atoms. The highest BCUT2D eigenvalue weighted by Crippen LogP contribution is 2.35. The first kappa shape index (κ1) is 24.8. The molecule has 2 heterocycles. The lowest BCUT2D eigenvalue weighted by Gasteiger charge is -2.34. The first-order valence-electron chi connectivity index (χ1n) is 12.4. The van der Waals surface area contributed by atoms with Gasteiger partial charge < -0.3 is 24.0 Å². The molecule has 1 aromatic heterocycles. The number of anilines is 1. The van der Waals surface area contributed by atoms with Crippen LogP contribution in [0.1, 0.15) is 42.1 Å². The van der Waals surface area contributed by atoms with Gasteiger partial charge in [0.2, 0.25) is 5.88 Å². The Morgan fingerprint density at radius 2 is 1.83 bits per heavy atom. The van der Waals surface area contributed by atoms with E-state index >= 15 is 0 Å². The maximum absolute atomic E-state index is 13.7. The number of rotatable bonds is 9. The fraction of sp³-hybridized carbons (Fsp3) is 0.429. The molecule has 0 radical (unpaired) electrons. The van der Waals surface area contributed by atoms with Crippen LogP contribution < -0.4 is 9.64 Å². The van der Waals surface area contributed by atoms with Crippen molar-refractivity contribution in [3.63, 3.8) is 0 Å². The quantitative estimate of drug-likeness (QED) is 0.436. The topological polar surface area (TPSA) is 62.1 Å². The summed E-state index contributed by atoms with van der Waals surface area (Å²) in [4.78, 5) is 20.0. The minimum Gasteiger partial charge on any atom is -0.497 e. The monoisotopic (exact) mass is 476 g/mol. The van der Waals surface area contributed by atoms with Crippen molar-refractivity contribution < 1.29 is 14.1 Å². The number of hydrogen-bond acceptors (Lipinski definition) is 6. The molecule has 1 amide bonds. The third kappa shape index (κ3) is 5.85. The zero-order valence-electron chi connectivity index (χ0n) is 21.2. The lowest BCUT2D eigenvalue weighted by Crippen LogP contribution is -2.39. The van der Waals surface area contributed by atoms with Crippen molar-refractivity contribution in [1.82, 2.24) is 15.0 Å². The van der Waals surface area contributed by atoms with E-state index in [1.807, 2.05) is 73.6 Å². The van der Waals surface area contributed by atoms with Crippen LogP contribution in [0.5, 0.6) is 5.75 Å². The number of aromatic nitrogens is 1. The first-order chi connectivity index (χ1) is 17.0. The minimum atomic E-state index is -0.0210. The first-order valence-corrected chi connectivity index (χ1v) is 12.4. The Hall–Kier alpha value is -3.32. The summed E-state index contributed by atoms with van der Waals surface area (Å²) in [5.41, 5.74) is 3.39. The van der Waals surface area contributed by atoms with Crippen LogP contribution in [0.3, 0.4) is 0 Å². The fourth-order valence-corrected chi connectivity index (χ4v) is 4.57. The highest BCUT2D eigenvalue weighted by atomic mass is 16.5. The Kier molecular flexibility index (Phi) is 8.08. The van der Waals surface area contributed by atoms with Crippen molar-refractivity contribution in [2.24, 2.45) is 0 Å². The van der Waals surface area contributed by atoms with Crippen LogP contribution in [-0.4, -0.2) is 67.7 Å². The maximum Gasteiger partial charge on any atom is 0.254 e. The fourth-order valence-electron chi connectivity index (χ4n) is 4.57. The maximum atomic E-state index is 13.7. The number of carbonyl (C=O) groups is 1. The summed E-state index contributed by atoms with van der Waals surface area (Å²) >= 11 is 0. The molecule has 3 aromatic rings. The summed E-state index contributed by atoms with van der Waals surface area (Å²) < 4.78 is 11.3. The summed E-state index contributed by atoms with van der Waals surface area (Å²) in [5.74, 6) is 1.49. The van der Waals surface area contributed by atoms with Crippen LogP contribution in [0.4, 0.5) is 5.88 Å². The van der Waals surface area contributed by atoms with Gasteiger partial charge in [-0.1, -0.05) is 35.5 Å². The van der Waals surface area contributed by atoms with E-state index in [2.05, 4.69) is 21.9 Å². The molecule has 4 rings (SSSR count). The third-order valence-electron chi connectivity index (χ3n) is 6.67. The highest BCUT2D eigenvalue weighted by molar-refractivity contribution is 5.94. The van der Waals surface area contributed by atoms with Crippen LogP contribution >= 0.6 is 0 Å². The standard InChI is InChI=1S/C28H36N4O3/c1-21-10-8-9-17-32(21)28-25(26(29-35-28)22-11-6-5-7-12-22)20-31(19-18-30(2)3)27(33)23-13-15-24(34-4)16-14-23/h5-7,11-16,21H,8-10,17-20H2,1-4H3. The molecule has 1 fully saturated rings. The van der Waals surface area contributed by atoms with Crippen molar-refractivity contribution >= 4 is 11.8 Å².